The summed E-state index contributed by atoms with van der Waals surface area (Å²) in [6.07, 6.45) is 2.86. The molecule has 1 heterocycles. The van der Waals surface area contributed by atoms with Gasteiger partial charge < -0.3 is 9.30 Å². The van der Waals surface area contributed by atoms with Gasteiger partial charge in [-0.05, 0) is 12.1 Å². The van der Waals surface area contributed by atoms with Crippen LogP contribution in [0.5, 0.6) is 5.75 Å². The lowest BCUT2D eigenvalue weighted by Crippen LogP contribution is -2.13. The second-order valence-corrected chi connectivity index (χ2v) is 5.34. The first-order chi connectivity index (χ1) is 8.51. The van der Waals surface area contributed by atoms with Gasteiger partial charge in [0.2, 0.25) is 0 Å². The predicted octanol–water partition coefficient (Wildman–Crippen LogP) is 1.23. The van der Waals surface area contributed by atoms with Gasteiger partial charge in [-0.2, -0.15) is 8.42 Å². The molecule has 0 radical (unpaired) electrons. The number of nitrogens with one attached hydrogen (secondary N) is 1. The number of methoxy groups -OCH3 is 1. The summed E-state index contributed by atoms with van der Waals surface area (Å²) in [5, 5.41) is -0.0205. The Morgan fingerprint density at radius 2 is 2.17 bits per heavy atom. The summed E-state index contributed by atoms with van der Waals surface area (Å²) in [6, 6.07) is 6.68. The van der Waals surface area contributed by atoms with Gasteiger partial charge in [0.25, 0.3) is 10.0 Å². The Kier molecular flexibility index (Phi) is 3.24. The molecule has 2 rings (SSSR count). The predicted molar refractivity (Wildman–Crippen MR) is 67.0 cm³/mol. The Labute approximate surface area is 105 Å². The van der Waals surface area contributed by atoms with E-state index < -0.39 is 10.0 Å². The lowest BCUT2D eigenvalue weighted by Gasteiger charge is -2.07. The molecule has 0 bridgehead atoms. The number of aryl methyl sites for hydroxylation is 1. The summed E-state index contributed by atoms with van der Waals surface area (Å²) in [5.41, 5.74) is 0.431. The van der Waals surface area contributed by atoms with Crippen molar-refractivity contribution in [1.82, 2.24) is 9.55 Å². The molecular formula is C11H13N3O3S. The molecule has 18 heavy (non-hydrogen) atoms. The van der Waals surface area contributed by atoms with E-state index in [1.165, 1.54) is 19.6 Å². The molecule has 0 saturated heterocycles. The third kappa shape index (κ3) is 2.62. The summed E-state index contributed by atoms with van der Waals surface area (Å²) >= 11 is 0. The highest BCUT2D eigenvalue weighted by Gasteiger charge is 2.17. The molecular weight excluding hydrogens is 254 g/mol. The van der Waals surface area contributed by atoms with E-state index in [4.69, 9.17) is 4.74 Å². The van der Waals surface area contributed by atoms with Crippen molar-refractivity contribution in [2.75, 3.05) is 11.8 Å². The SMILES string of the molecule is COc1cccc(NS(=O)(=O)c2cn(C)cn2)c1. The standard InChI is InChI=1S/C11H13N3O3S/c1-14-7-11(12-8-14)18(15,16)13-9-4-3-5-10(6-9)17-2/h3-8,13H,1-2H3. The largest absolute Gasteiger partial charge is 0.497 e. The fourth-order valence-electron chi connectivity index (χ4n) is 1.42. The van der Waals surface area contributed by atoms with E-state index in [0.29, 0.717) is 11.4 Å². The number of hydrogen-bond acceptors (Lipinski definition) is 4. The third-order valence-electron chi connectivity index (χ3n) is 2.28. The number of anilines is 1. The molecule has 0 aliphatic rings. The number of hydrogen-bond donors (Lipinski definition) is 1. The number of imidazole rings is 1. The van der Waals surface area contributed by atoms with Crippen LogP contribution in [0.1, 0.15) is 0 Å². The molecule has 7 heteroatoms. The van der Waals surface area contributed by atoms with Crippen LogP contribution in [-0.2, 0) is 17.1 Å². The van der Waals surface area contributed by atoms with Gasteiger partial charge in [-0.25, -0.2) is 4.98 Å². The highest BCUT2D eigenvalue weighted by Crippen LogP contribution is 2.19. The minimum Gasteiger partial charge on any atom is -0.497 e. The first-order valence-electron chi connectivity index (χ1n) is 5.16. The molecule has 1 N–H and O–H groups in total. The second kappa shape index (κ2) is 4.69. The highest BCUT2D eigenvalue weighted by atomic mass is 32.2. The van der Waals surface area contributed by atoms with Gasteiger partial charge in [-0.15, -0.1) is 0 Å². The highest BCUT2D eigenvalue weighted by molar-refractivity contribution is 7.92. The van der Waals surface area contributed by atoms with Crippen LogP contribution in [0, 0.1) is 0 Å². The molecule has 0 aliphatic heterocycles. The summed E-state index contributed by atoms with van der Waals surface area (Å²) in [4.78, 5) is 3.81. The molecule has 6 nitrogen and oxygen atoms in total. The van der Waals surface area contributed by atoms with Crippen LogP contribution >= 0.6 is 0 Å². The van der Waals surface area contributed by atoms with Crippen molar-refractivity contribution in [3.05, 3.63) is 36.8 Å². The number of benzene rings is 1. The van der Waals surface area contributed by atoms with Crippen LogP contribution in [-0.4, -0.2) is 25.1 Å². The number of sulfonamides is 1. The summed E-state index contributed by atoms with van der Waals surface area (Å²) < 4.78 is 33.0. The maximum atomic E-state index is 12.0. The molecule has 2 aromatic rings. The van der Waals surface area contributed by atoms with Crippen LogP contribution in [0.4, 0.5) is 5.69 Å². The van der Waals surface area contributed by atoms with E-state index in [2.05, 4.69) is 9.71 Å². The Bertz CT molecular complexity index is 649. The molecule has 0 atom stereocenters. The van der Waals surface area contributed by atoms with Crippen LogP contribution in [0.25, 0.3) is 0 Å². The second-order valence-electron chi connectivity index (χ2n) is 3.71. The van der Waals surface area contributed by atoms with Gasteiger partial charge in [0.1, 0.15) is 5.75 Å². The van der Waals surface area contributed by atoms with Crippen molar-refractivity contribution < 1.29 is 13.2 Å². The smallest absolute Gasteiger partial charge is 0.280 e. The third-order valence-corrected chi connectivity index (χ3v) is 3.54. The van der Waals surface area contributed by atoms with Gasteiger partial charge >= 0.3 is 0 Å². The van der Waals surface area contributed by atoms with Crippen molar-refractivity contribution >= 4 is 15.7 Å². The molecule has 0 spiro atoms. The van der Waals surface area contributed by atoms with E-state index in [1.807, 2.05) is 0 Å². The lowest BCUT2D eigenvalue weighted by molar-refractivity contribution is 0.415. The van der Waals surface area contributed by atoms with Crippen LogP contribution in [0.3, 0.4) is 0 Å². The zero-order valence-electron chi connectivity index (χ0n) is 9.99. The number of aromatic nitrogens is 2. The average Bonchev–Trinajstić information content (AvgIpc) is 2.76. The van der Waals surface area contributed by atoms with E-state index in [-0.39, 0.29) is 5.03 Å². The van der Waals surface area contributed by atoms with Crippen molar-refractivity contribution in [2.45, 2.75) is 5.03 Å². The molecule has 1 aromatic heterocycles. The van der Waals surface area contributed by atoms with Gasteiger partial charge in [0.15, 0.2) is 5.03 Å². The van der Waals surface area contributed by atoms with E-state index in [1.54, 1.807) is 35.9 Å². The van der Waals surface area contributed by atoms with Crippen molar-refractivity contribution in [1.29, 1.82) is 0 Å². The van der Waals surface area contributed by atoms with Crippen LogP contribution in [0.2, 0.25) is 0 Å². The van der Waals surface area contributed by atoms with Crippen molar-refractivity contribution in [2.24, 2.45) is 7.05 Å². The van der Waals surface area contributed by atoms with Gasteiger partial charge in [-0.3, -0.25) is 4.72 Å². The lowest BCUT2D eigenvalue weighted by atomic mass is 10.3. The monoisotopic (exact) mass is 267 g/mol. The Morgan fingerprint density at radius 3 is 2.78 bits per heavy atom. The zero-order chi connectivity index (χ0) is 13.2. The normalized spacial score (nSPS) is 11.2. The molecule has 0 unspecified atom stereocenters. The fourth-order valence-corrected chi connectivity index (χ4v) is 2.45. The zero-order valence-corrected chi connectivity index (χ0v) is 10.8. The first-order valence-corrected chi connectivity index (χ1v) is 6.64. The van der Waals surface area contributed by atoms with Crippen LogP contribution < -0.4 is 9.46 Å². The Morgan fingerprint density at radius 1 is 1.39 bits per heavy atom. The Hall–Kier alpha value is -2.02. The van der Waals surface area contributed by atoms with E-state index >= 15 is 0 Å². The minimum absolute atomic E-state index is 0.0205. The molecule has 1 aromatic carbocycles. The van der Waals surface area contributed by atoms with Crippen LogP contribution in [0.15, 0.2) is 41.8 Å². The van der Waals surface area contributed by atoms with E-state index in [0.717, 1.165) is 0 Å². The Balaban J connectivity index is 2.27. The maximum Gasteiger partial charge on any atom is 0.280 e. The van der Waals surface area contributed by atoms with Gasteiger partial charge in [0.05, 0.1) is 19.1 Å². The number of ether oxygens (including phenoxy) is 1. The van der Waals surface area contributed by atoms with Gasteiger partial charge in [-0.1, -0.05) is 6.07 Å². The first kappa shape index (κ1) is 12.4. The topological polar surface area (TPSA) is 73.2 Å². The quantitative estimate of drug-likeness (QED) is 0.904. The summed E-state index contributed by atoms with van der Waals surface area (Å²) in [5.74, 6) is 0.580. The molecule has 0 fully saturated rings. The fraction of sp³-hybridized carbons (Fsp3) is 0.182. The minimum atomic E-state index is -3.65. The molecule has 96 valence electrons. The average molecular weight is 267 g/mol. The molecule has 0 amide bonds. The molecule has 0 saturated carbocycles. The maximum absolute atomic E-state index is 12.0. The molecule has 0 aliphatic carbocycles. The van der Waals surface area contributed by atoms with Crippen molar-refractivity contribution in [3.63, 3.8) is 0 Å². The number of nitrogens with zero attached hydrogens (tertiary/aromatic N) is 2. The van der Waals surface area contributed by atoms with Gasteiger partial charge in [0, 0.05) is 19.3 Å². The van der Waals surface area contributed by atoms with Crippen molar-refractivity contribution in [3.8, 4) is 5.75 Å². The number of rotatable bonds is 4. The van der Waals surface area contributed by atoms with E-state index in [9.17, 15) is 8.42 Å². The summed E-state index contributed by atoms with van der Waals surface area (Å²) in [7, 11) is -0.429. The summed E-state index contributed by atoms with van der Waals surface area (Å²) in [6.45, 7) is 0.